The second kappa shape index (κ2) is 4.89. The second-order valence-electron chi connectivity index (χ2n) is 6.27. The van der Waals surface area contributed by atoms with Gasteiger partial charge < -0.3 is 4.90 Å². The summed E-state index contributed by atoms with van der Waals surface area (Å²) in [5.74, 6) is 0.688. The molecule has 1 fully saturated rings. The molecule has 2 aliphatic rings. The lowest BCUT2D eigenvalue weighted by molar-refractivity contribution is 0.0706. The molecule has 1 aromatic carbocycles. The Bertz CT molecular complexity index is 875. The third-order valence-corrected chi connectivity index (χ3v) is 5.60. The number of carbonyl (C=O) groups excluding carboxylic acids is 1. The lowest BCUT2D eigenvalue weighted by Crippen LogP contribution is -2.38. The average Bonchev–Trinajstić information content (AvgIpc) is 3.20. The van der Waals surface area contributed by atoms with Crippen molar-refractivity contribution in [2.75, 3.05) is 6.54 Å². The van der Waals surface area contributed by atoms with Crippen LogP contribution >= 0.6 is 11.3 Å². The zero-order chi connectivity index (χ0) is 15.4. The molecule has 1 aliphatic carbocycles. The monoisotopic (exact) mass is 324 g/mol. The van der Waals surface area contributed by atoms with Crippen LogP contribution in [0.15, 0.2) is 30.3 Å². The first kappa shape index (κ1) is 13.2. The van der Waals surface area contributed by atoms with E-state index in [4.69, 9.17) is 0 Å². The molecule has 5 nitrogen and oxygen atoms in total. The van der Waals surface area contributed by atoms with Gasteiger partial charge in [0.2, 0.25) is 0 Å². The maximum atomic E-state index is 12.8. The summed E-state index contributed by atoms with van der Waals surface area (Å²) in [6.07, 6.45) is 2.51. The van der Waals surface area contributed by atoms with Gasteiger partial charge in [-0.05, 0) is 31.0 Å². The lowest BCUT2D eigenvalue weighted by atomic mass is 10.2. The van der Waals surface area contributed by atoms with E-state index in [2.05, 4.69) is 20.8 Å². The maximum absolute atomic E-state index is 12.8. The summed E-state index contributed by atoms with van der Waals surface area (Å²) < 4.78 is 3.13. The Morgan fingerprint density at radius 1 is 1.22 bits per heavy atom. The summed E-state index contributed by atoms with van der Waals surface area (Å²) >= 11 is 1.48. The van der Waals surface area contributed by atoms with Crippen molar-refractivity contribution in [3.8, 4) is 0 Å². The fourth-order valence-electron chi connectivity index (χ4n) is 3.14. The number of thiazole rings is 1. The van der Waals surface area contributed by atoms with Gasteiger partial charge >= 0.3 is 0 Å². The molecule has 1 aliphatic heterocycles. The minimum Gasteiger partial charge on any atom is -0.329 e. The summed E-state index contributed by atoms with van der Waals surface area (Å²) in [6.45, 7) is 2.11. The molecule has 0 radical (unpaired) electrons. The minimum atomic E-state index is 0.0339. The average molecular weight is 324 g/mol. The first-order valence-corrected chi connectivity index (χ1v) is 8.81. The quantitative estimate of drug-likeness (QED) is 0.728. The molecule has 1 saturated carbocycles. The van der Waals surface area contributed by atoms with Crippen LogP contribution in [-0.2, 0) is 13.1 Å². The summed E-state index contributed by atoms with van der Waals surface area (Å²) in [7, 11) is 0. The van der Waals surface area contributed by atoms with E-state index in [0.29, 0.717) is 24.0 Å². The highest BCUT2D eigenvalue weighted by Gasteiger charge is 2.30. The number of hydrogen-bond donors (Lipinski definition) is 0. The van der Waals surface area contributed by atoms with E-state index >= 15 is 0 Å². The summed E-state index contributed by atoms with van der Waals surface area (Å²) in [4.78, 5) is 19.2. The van der Waals surface area contributed by atoms with Gasteiger partial charge in [0.05, 0.1) is 34.7 Å². The van der Waals surface area contributed by atoms with Gasteiger partial charge in [-0.3, -0.25) is 9.48 Å². The molecule has 0 bridgehead atoms. The molecule has 1 amide bonds. The zero-order valence-electron chi connectivity index (χ0n) is 12.6. The van der Waals surface area contributed by atoms with Crippen molar-refractivity contribution in [2.45, 2.75) is 31.8 Å². The Hall–Kier alpha value is -2.21. The highest BCUT2D eigenvalue weighted by atomic mass is 32.1. The number of hydrogen-bond acceptors (Lipinski definition) is 4. The van der Waals surface area contributed by atoms with Gasteiger partial charge in [0.25, 0.3) is 5.91 Å². The molecule has 2 aromatic heterocycles. The fraction of sp³-hybridized carbons (Fsp3) is 0.353. The normalized spacial score (nSPS) is 17.5. The molecular weight excluding hydrogens is 308 g/mol. The predicted octanol–water partition coefficient (Wildman–Crippen LogP) is 3.03. The molecule has 0 atom stereocenters. The number of rotatable bonds is 2. The van der Waals surface area contributed by atoms with Crippen molar-refractivity contribution in [3.05, 3.63) is 46.7 Å². The van der Waals surface area contributed by atoms with Crippen molar-refractivity contribution < 1.29 is 4.79 Å². The summed E-state index contributed by atoms with van der Waals surface area (Å²) in [6, 6.07) is 10.1. The number of para-hydroxylation sites is 1. The Labute approximate surface area is 137 Å². The first-order valence-electron chi connectivity index (χ1n) is 7.99. The molecule has 116 valence electrons. The van der Waals surface area contributed by atoms with Crippen molar-refractivity contribution in [2.24, 2.45) is 0 Å². The summed E-state index contributed by atoms with van der Waals surface area (Å²) in [5.41, 5.74) is 3.25. The third kappa shape index (κ3) is 2.25. The topological polar surface area (TPSA) is 51.0 Å². The van der Waals surface area contributed by atoms with E-state index in [9.17, 15) is 4.79 Å². The van der Waals surface area contributed by atoms with Gasteiger partial charge in [0, 0.05) is 12.5 Å². The third-order valence-electron chi connectivity index (χ3n) is 4.58. The van der Waals surface area contributed by atoms with Crippen molar-refractivity contribution >= 4 is 27.5 Å². The van der Waals surface area contributed by atoms with Crippen molar-refractivity contribution in [1.29, 1.82) is 0 Å². The van der Waals surface area contributed by atoms with E-state index in [1.165, 1.54) is 29.9 Å². The largest absolute Gasteiger partial charge is 0.329 e. The Morgan fingerprint density at radius 2 is 2.09 bits per heavy atom. The molecule has 6 heteroatoms. The van der Waals surface area contributed by atoms with Crippen LogP contribution in [0.2, 0.25) is 0 Å². The minimum absolute atomic E-state index is 0.0339. The van der Waals surface area contributed by atoms with E-state index in [1.807, 2.05) is 29.2 Å². The number of benzene rings is 1. The highest BCUT2D eigenvalue weighted by molar-refractivity contribution is 7.20. The van der Waals surface area contributed by atoms with E-state index in [0.717, 1.165) is 22.5 Å². The van der Waals surface area contributed by atoms with Gasteiger partial charge in [-0.2, -0.15) is 5.10 Å². The van der Waals surface area contributed by atoms with Crippen LogP contribution in [-0.4, -0.2) is 32.1 Å². The van der Waals surface area contributed by atoms with Crippen LogP contribution in [0.3, 0.4) is 0 Å². The molecule has 0 N–H and O–H groups in total. The number of carbonyl (C=O) groups is 1. The molecule has 0 spiro atoms. The molecule has 3 heterocycles. The molecule has 23 heavy (non-hydrogen) atoms. The second-order valence-corrected chi connectivity index (χ2v) is 7.30. The standard InChI is InChI=1S/C17H16N4OS/c22-17(16-18-13-3-1-2-4-15(13)23-16)20-7-8-21-12(10-20)9-14(19-21)11-5-6-11/h1-4,9,11H,5-8,10H2. The van der Waals surface area contributed by atoms with Gasteiger partial charge in [0.15, 0.2) is 5.01 Å². The molecule has 5 rings (SSSR count). The van der Waals surface area contributed by atoms with E-state index in [-0.39, 0.29) is 5.91 Å². The first-order chi connectivity index (χ1) is 11.3. The Balaban J connectivity index is 1.41. The predicted molar refractivity (Wildman–Crippen MR) is 88.6 cm³/mol. The van der Waals surface area contributed by atoms with Gasteiger partial charge in [-0.15, -0.1) is 11.3 Å². The van der Waals surface area contributed by atoms with Crippen LogP contribution in [0, 0.1) is 0 Å². The highest BCUT2D eigenvalue weighted by Crippen LogP contribution is 2.39. The van der Waals surface area contributed by atoms with E-state index < -0.39 is 0 Å². The number of fused-ring (bicyclic) bond motifs is 2. The molecular formula is C17H16N4OS. The number of aromatic nitrogens is 3. The summed E-state index contributed by atoms with van der Waals surface area (Å²) in [5, 5.41) is 5.26. The van der Waals surface area contributed by atoms with Crippen molar-refractivity contribution in [1.82, 2.24) is 19.7 Å². The fourth-order valence-corrected chi connectivity index (χ4v) is 4.07. The molecule has 0 saturated heterocycles. The van der Waals surface area contributed by atoms with Crippen LogP contribution < -0.4 is 0 Å². The zero-order valence-corrected chi connectivity index (χ0v) is 13.4. The lowest BCUT2D eigenvalue weighted by Gasteiger charge is -2.26. The van der Waals surface area contributed by atoms with Crippen LogP contribution in [0.25, 0.3) is 10.2 Å². The number of nitrogens with zero attached hydrogens (tertiary/aromatic N) is 4. The van der Waals surface area contributed by atoms with Crippen molar-refractivity contribution in [3.63, 3.8) is 0 Å². The Kier molecular flexibility index (Phi) is 2.82. The van der Waals surface area contributed by atoms with Gasteiger partial charge in [-0.25, -0.2) is 4.98 Å². The van der Waals surface area contributed by atoms with Crippen LogP contribution in [0.5, 0.6) is 0 Å². The smallest absolute Gasteiger partial charge is 0.283 e. The van der Waals surface area contributed by atoms with Gasteiger partial charge in [-0.1, -0.05) is 12.1 Å². The van der Waals surface area contributed by atoms with Crippen LogP contribution in [0.4, 0.5) is 0 Å². The maximum Gasteiger partial charge on any atom is 0.283 e. The Morgan fingerprint density at radius 3 is 2.91 bits per heavy atom. The van der Waals surface area contributed by atoms with Crippen LogP contribution in [0.1, 0.15) is 39.9 Å². The van der Waals surface area contributed by atoms with E-state index in [1.54, 1.807) is 0 Å². The number of amides is 1. The molecule has 0 unspecified atom stereocenters. The molecule has 3 aromatic rings. The van der Waals surface area contributed by atoms with Gasteiger partial charge in [0.1, 0.15) is 0 Å². The SMILES string of the molecule is O=C(c1nc2ccccc2s1)N1CCn2nc(C3CC3)cc2C1.